The fourth-order valence-electron chi connectivity index (χ4n) is 4.19. The van der Waals surface area contributed by atoms with E-state index < -0.39 is 0 Å². The summed E-state index contributed by atoms with van der Waals surface area (Å²) in [5.41, 5.74) is 1.02. The van der Waals surface area contributed by atoms with E-state index in [9.17, 15) is 4.79 Å². The minimum Gasteiger partial charge on any atom is -0.358 e. The predicted octanol–water partition coefficient (Wildman–Crippen LogP) is 3.23. The second-order valence-electron chi connectivity index (χ2n) is 7.16. The number of aryl methyl sites for hydroxylation is 1. The smallest absolute Gasteiger partial charge is 0.223 e. The fraction of sp³-hybridized carbons (Fsp3) is 0.611. The summed E-state index contributed by atoms with van der Waals surface area (Å²) in [7, 11) is 2.09. The van der Waals surface area contributed by atoms with E-state index in [1.807, 2.05) is 13.0 Å². The number of fused-ring (bicyclic) bond motifs is 1. The predicted molar refractivity (Wildman–Crippen MR) is 97.5 cm³/mol. The average Bonchev–Trinajstić information content (AvgIpc) is 3.26. The number of anilines is 1. The summed E-state index contributed by atoms with van der Waals surface area (Å²) in [4.78, 5) is 25.9. The number of aromatic nitrogens is 2. The molecule has 0 spiro atoms. The number of hydrogen-bond donors (Lipinski definition) is 0. The summed E-state index contributed by atoms with van der Waals surface area (Å²) in [5.74, 6) is 2.55. The van der Waals surface area contributed by atoms with Gasteiger partial charge in [-0.3, -0.25) is 4.79 Å². The maximum absolute atomic E-state index is 12.4. The minimum absolute atomic E-state index is 0.348. The van der Waals surface area contributed by atoms with Crippen LogP contribution in [-0.2, 0) is 4.79 Å². The summed E-state index contributed by atoms with van der Waals surface area (Å²) >= 11 is 1.69. The van der Waals surface area contributed by atoms with Crippen molar-refractivity contribution in [2.24, 2.45) is 5.92 Å². The van der Waals surface area contributed by atoms with Crippen molar-refractivity contribution in [3.05, 3.63) is 17.3 Å². The monoisotopic (exact) mass is 344 g/mol. The fourth-order valence-corrected chi connectivity index (χ4v) is 5.07. The molecular weight excluding hydrogens is 320 g/mol. The zero-order valence-corrected chi connectivity index (χ0v) is 15.2. The molecule has 6 heteroatoms. The van der Waals surface area contributed by atoms with Crippen LogP contribution in [-0.4, -0.2) is 47.0 Å². The lowest BCUT2D eigenvalue weighted by Gasteiger charge is -2.26. The molecule has 1 saturated carbocycles. The summed E-state index contributed by atoms with van der Waals surface area (Å²) in [6, 6.07) is 2.55. The number of amides is 1. The maximum atomic E-state index is 12.4. The highest BCUT2D eigenvalue weighted by Crippen LogP contribution is 2.32. The highest BCUT2D eigenvalue weighted by molar-refractivity contribution is 7.17. The molecule has 4 rings (SSSR count). The summed E-state index contributed by atoms with van der Waals surface area (Å²) < 4.78 is 1.14. The lowest BCUT2D eigenvalue weighted by Crippen LogP contribution is -2.35. The molecule has 1 saturated heterocycles. The molecular formula is C18H24N4OS. The zero-order chi connectivity index (χ0) is 16.7. The molecule has 1 aliphatic carbocycles. The molecule has 24 heavy (non-hydrogen) atoms. The van der Waals surface area contributed by atoms with Crippen molar-refractivity contribution in [1.29, 1.82) is 0 Å². The largest absolute Gasteiger partial charge is 0.358 e. The van der Waals surface area contributed by atoms with E-state index in [-0.39, 0.29) is 0 Å². The third-order valence-electron chi connectivity index (χ3n) is 5.30. The van der Waals surface area contributed by atoms with Crippen LogP contribution in [0.4, 0.5) is 5.82 Å². The van der Waals surface area contributed by atoms with Crippen molar-refractivity contribution >= 4 is 33.3 Å². The van der Waals surface area contributed by atoms with E-state index in [0.29, 0.717) is 24.3 Å². The van der Waals surface area contributed by atoms with Gasteiger partial charge in [-0.15, -0.1) is 11.3 Å². The normalized spacial score (nSPS) is 22.0. The molecule has 2 aromatic rings. The van der Waals surface area contributed by atoms with Crippen LogP contribution in [0.2, 0.25) is 0 Å². The molecule has 0 radical (unpaired) electrons. The molecule has 3 heterocycles. The van der Waals surface area contributed by atoms with Gasteiger partial charge in [0.2, 0.25) is 5.91 Å². The van der Waals surface area contributed by atoms with Gasteiger partial charge < -0.3 is 9.80 Å². The van der Waals surface area contributed by atoms with Gasteiger partial charge in [0.05, 0.1) is 10.2 Å². The number of nitrogens with zero attached hydrogens (tertiary/aromatic N) is 4. The molecule has 1 aliphatic heterocycles. The van der Waals surface area contributed by atoms with Crippen LogP contribution in [0.25, 0.3) is 10.2 Å². The van der Waals surface area contributed by atoms with Gasteiger partial charge in [0.25, 0.3) is 0 Å². The van der Waals surface area contributed by atoms with Crippen LogP contribution in [0.15, 0.2) is 11.4 Å². The molecule has 0 N–H and O–H groups in total. The lowest BCUT2D eigenvalue weighted by atomic mass is 10.1. The van der Waals surface area contributed by atoms with Crippen molar-refractivity contribution in [2.75, 3.05) is 25.0 Å². The molecule has 2 fully saturated rings. The van der Waals surface area contributed by atoms with Crippen LogP contribution in [0.5, 0.6) is 0 Å². The lowest BCUT2D eigenvalue weighted by molar-refractivity contribution is -0.129. The quantitative estimate of drug-likeness (QED) is 0.854. The molecule has 1 amide bonds. The number of carbonyl (C=O) groups is 1. The Hall–Kier alpha value is -1.69. The Morgan fingerprint density at radius 1 is 1.33 bits per heavy atom. The van der Waals surface area contributed by atoms with Gasteiger partial charge in [0.1, 0.15) is 11.6 Å². The first-order valence-electron chi connectivity index (χ1n) is 8.84. The molecule has 2 aromatic heterocycles. The molecule has 128 valence electrons. The number of thiophene rings is 1. The SMILES string of the molecule is Cc1nc(N(C)CC2CC(=O)N(C3CCCC3)C2)c2sccc2n1. The van der Waals surface area contributed by atoms with Crippen LogP contribution >= 0.6 is 11.3 Å². The minimum atomic E-state index is 0.348. The summed E-state index contributed by atoms with van der Waals surface area (Å²) in [6.07, 6.45) is 5.61. The van der Waals surface area contributed by atoms with E-state index >= 15 is 0 Å². The zero-order valence-electron chi connectivity index (χ0n) is 14.4. The molecule has 2 aliphatic rings. The van der Waals surface area contributed by atoms with Crippen molar-refractivity contribution < 1.29 is 4.79 Å². The second-order valence-corrected chi connectivity index (χ2v) is 8.08. The number of carbonyl (C=O) groups excluding carboxylic acids is 1. The van der Waals surface area contributed by atoms with Crippen LogP contribution < -0.4 is 4.90 Å². The summed E-state index contributed by atoms with van der Waals surface area (Å²) in [6.45, 7) is 3.72. The molecule has 5 nitrogen and oxygen atoms in total. The maximum Gasteiger partial charge on any atom is 0.223 e. The van der Waals surface area contributed by atoms with E-state index in [1.54, 1.807) is 11.3 Å². The van der Waals surface area contributed by atoms with Gasteiger partial charge in [-0.1, -0.05) is 12.8 Å². The Morgan fingerprint density at radius 3 is 2.92 bits per heavy atom. The molecule has 1 unspecified atom stereocenters. The van der Waals surface area contributed by atoms with Gasteiger partial charge in [0, 0.05) is 38.5 Å². The van der Waals surface area contributed by atoms with E-state index in [2.05, 4.69) is 32.2 Å². The van der Waals surface area contributed by atoms with Gasteiger partial charge in [-0.05, 0) is 31.2 Å². The first-order valence-corrected chi connectivity index (χ1v) is 9.72. The second kappa shape index (κ2) is 6.31. The van der Waals surface area contributed by atoms with Crippen molar-refractivity contribution in [3.63, 3.8) is 0 Å². The Labute approximate surface area is 146 Å². The highest BCUT2D eigenvalue weighted by Gasteiger charge is 2.36. The Kier molecular flexibility index (Phi) is 4.16. The van der Waals surface area contributed by atoms with Crippen molar-refractivity contribution in [2.45, 2.75) is 45.1 Å². The first-order chi connectivity index (χ1) is 11.6. The van der Waals surface area contributed by atoms with Crippen LogP contribution in [0.3, 0.4) is 0 Å². The Bertz CT molecular complexity index is 753. The number of rotatable bonds is 4. The average molecular weight is 344 g/mol. The standard InChI is InChI=1S/C18H24N4OS/c1-12-19-15-7-8-24-17(15)18(20-12)21(2)10-13-9-16(23)22(11-13)14-5-3-4-6-14/h7-8,13-14H,3-6,9-11H2,1-2H3. The van der Waals surface area contributed by atoms with Gasteiger partial charge >= 0.3 is 0 Å². The van der Waals surface area contributed by atoms with Crippen molar-refractivity contribution in [1.82, 2.24) is 14.9 Å². The first kappa shape index (κ1) is 15.8. The topological polar surface area (TPSA) is 49.3 Å². The van der Waals surface area contributed by atoms with Gasteiger partial charge in [0.15, 0.2) is 0 Å². The van der Waals surface area contributed by atoms with Crippen molar-refractivity contribution in [3.8, 4) is 0 Å². The van der Waals surface area contributed by atoms with E-state index in [4.69, 9.17) is 0 Å². The van der Waals surface area contributed by atoms with E-state index in [1.165, 1.54) is 25.7 Å². The van der Waals surface area contributed by atoms with Gasteiger partial charge in [-0.25, -0.2) is 9.97 Å². The third kappa shape index (κ3) is 2.88. The third-order valence-corrected chi connectivity index (χ3v) is 6.19. The number of likely N-dealkylation sites (tertiary alicyclic amines) is 1. The molecule has 0 aromatic carbocycles. The van der Waals surface area contributed by atoms with E-state index in [0.717, 1.165) is 34.9 Å². The highest BCUT2D eigenvalue weighted by atomic mass is 32.1. The van der Waals surface area contributed by atoms with Gasteiger partial charge in [-0.2, -0.15) is 0 Å². The number of hydrogen-bond acceptors (Lipinski definition) is 5. The Morgan fingerprint density at radius 2 is 2.12 bits per heavy atom. The molecule has 1 atom stereocenters. The summed E-state index contributed by atoms with van der Waals surface area (Å²) in [5, 5.41) is 2.07. The van der Waals surface area contributed by atoms with Crippen LogP contribution in [0, 0.1) is 12.8 Å². The molecule has 0 bridgehead atoms. The Balaban J connectivity index is 1.48. The van der Waals surface area contributed by atoms with Crippen LogP contribution in [0.1, 0.15) is 37.9 Å².